The third kappa shape index (κ3) is 37.1. The first-order chi connectivity index (χ1) is 40.1. The molecular formula is C58H77N5O19. The molecule has 0 bridgehead atoms. The van der Waals surface area contributed by atoms with E-state index in [4.69, 9.17) is 107 Å². The quantitative estimate of drug-likeness (QED) is 0.0297. The number of nitrogens with zero attached hydrogens (tertiary/aromatic N) is 5. The lowest BCUT2D eigenvalue weighted by Gasteiger charge is -2.17. The molecule has 5 heterocycles. The molecule has 0 spiro atoms. The van der Waals surface area contributed by atoms with E-state index in [-0.39, 0.29) is 77.0 Å². The first kappa shape index (κ1) is 68.4. The van der Waals surface area contributed by atoms with Crippen LogP contribution in [-0.4, -0.2) is 229 Å². The van der Waals surface area contributed by atoms with Gasteiger partial charge in [0.2, 0.25) is 13.1 Å². The van der Waals surface area contributed by atoms with Gasteiger partial charge in [0.1, 0.15) is 105 Å². The van der Waals surface area contributed by atoms with E-state index in [9.17, 15) is 15.3 Å². The van der Waals surface area contributed by atoms with Crippen molar-refractivity contribution in [1.29, 1.82) is 5.26 Å². The van der Waals surface area contributed by atoms with Gasteiger partial charge in [-0.1, -0.05) is 36.4 Å². The summed E-state index contributed by atoms with van der Waals surface area (Å²) in [5.41, 5.74) is 1.54. The van der Waals surface area contributed by atoms with Crippen molar-refractivity contribution in [2.24, 2.45) is 0 Å². The number of methoxy groups -OCH3 is 1. The van der Waals surface area contributed by atoms with Crippen molar-refractivity contribution in [2.75, 3.05) is 159 Å². The van der Waals surface area contributed by atoms with Crippen LogP contribution in [0.1, 0.15) is 18.4 Å². The summed E-state index contributed by atoms with van der Waals surface area (Å²) in [6, 6.07) is 22.5. The molecule has 8 rings (SSSR count). The number of benzene rings is 3. The molecule has 5 fully saturated rings. The van der Waals surface area contributed by atoms with Gasteiger partial charge in [-0.3, -0.25) is 0 Å². The highest BCUT2D eigenvalue weighted by Gasteiger charge is 2.26. The molecule has 9 unspecified atom stereocenters. The van der Waals surface area contributed by atoms with Crippen LogP contribution in [-0.2, 0) is 61.6 Å². The number of para-hydroxylation sites is 1. The van der Waals surface area contributed by atoms with E-state index in [0.717, 1.165) is 45.9 Å². The summed E-state index contributed by atoms with van der Waals surface area (Å²) in [4.78, 5) is 13.1. The second kappa shape index (κ2) is 43.5. The van der Waals surface area contributed by atoms with Gasteiger partial charge in [0.15, 0.2) is 11.4 Å². The number of hydrogen-bond acceptors (Lipinski definition) is 20. The Kier molecular flexibility index (Phi) is 36.3. The summed E-state index contributed by atoms with van der Waals surface area (Å²) in [6.45, 7) is 38.1. The standard InChI is InChI=1S/3C13H15NO4.C12H21NO5.C7H11NO2/c1-14-10-2-4-12(5-3-10)17-7-11(15)6-16-8-13-9-18-13;1-14-10-3-2-4-12(5-10)17-7-11(15)6-16-8-13-9-18-13;14-5-10-3-1-2-4-13(10)18-7-11(15)6-16-8-12-9-17-12;1-13-4-3-5-15-6-11(18-10-14-2)7-16-8-12-9-17-12;1-8-3-2-4-9-5-7-6-10-7/h2*2-5,11,13,15H,6-9H2;1-4,11-12,15H,6-9H2;11-12H,3-10H2,2H3;7H,2-6H2. The van der Waals surface area contributed by atoms with Crippen LogP contribution in [0.5, 0.6) is 17.2 Å². The summed E-state index contributed by atoms with van der Waals surface area (Å²) < 4.78 is 83.2. The maximum Gasteiger partial charge on any atom is 0.216 e. The molecule has 24 nitrogen and oxygen atoms in total. The first-order valence-corrected chi connectivity index (χ1v) is 26.8. The molecule has 0 aromatic heterocycles. The van der Waals surface area contributed by atoms with Crippen LogP contribution in [0, 0.1) is 37.6 Å². The first-order valence-electron chi connectivity index (χ1n) is 26.8. The van der Waals surface area contributed by atoms with Gasteiger partial charge in [-0.15, -0.1) is 0 Å². The molecular weight excluding hydrogens is 1070 g/mol. The molecule has 448 valence electrons. The topological polar surface area (TPSA) is 266 Å². The summed E-state index contributed by atoms with van der Waals surface area (Å²) in [6.07, 6.45) is 0.607. The van der Waals surface area contributed by atoms with Gasteiger partial charge in [-0.25, -0.2) is 22.8 Å². The molecule has 9 atom stereocenters. The predicted octanol–water partition coefficient (Wildman–Crippen LogP) is 4.93. The molecule has 3 aromatic rings. The lowest BCUT2D eigenvalue weighted by atomic mass is 10.2. The highest BCUT2D eigenvalue weighted by Crippen LogP contribution is 2.21. The fraction of sp³-hybridized carbons (Fsp3) is 0.603. The normalized spacial score (nSPS) is 19.5. The smallest absolute Gasteiger partial charge is 0.216 e. The fourth-order valence-electron chi connectivity index (χ4n) is 6.05. The molecule has 5 saturated heterocycles. The summed E-state index contributed by atoms with van der Waals surface area (Å²) in [7, 11) is 1.58. The Balaban J connectivity index is 0.000000223. The highest BCUT2D eigenvalue weighted by atomic mass is 16.7. The maximum atomic E-state index is 9.63. The molecule has 24 heteroatoms. The van der Waals surface area contributed by atoms with Crippen LogP contribution in [0.4, 0.5) is 11.4 Å². The van der Waals surface area contributed by atoms with Crippen LogP contribution in [0.15, 0.2) is 72.8 Å². The SMILES string of the molecule is N#Cc1ccccc1OCC(O)COCC1CO1.[C-]#[N+]CCCOCC(COCC1CO1)OCOC.[C-]#[N+]CCCOCC1CO1.[C-]#[N+]c1ccc(OCC(O)COCC2CO2)cc1.[C-]#[N+]c1cccc(OCC(O)COCC2CO2)c1. The van der Waals surface area contributed by atoms with Gasteiger partial charge < -0.3 is 101 Å². The molecule has 3 aromatic carbocycles. The lowest BCUT2D eigenvalue weighted by Crippen LogP contribution is -2.27. The van der Waals surface area contributed by atoms with Gasteiger partial charge in [-0.05, 0) is 36.4 Å². The Hall–Kier alpha value is -6.13. The molecule has 5 aliphatic heterocycles. The van der Waals surface area contributed by atoms with Gasteiger partial charge in [-0.2, -0.15) is 5.26 Å². The van der Waals surface area contributed by atoms with Gasteiger partial charge in [0, 0.05) is 20.0 Å². The van der Waals surface area contributed by atoms with Crippen molar-refractivity contribution in [3.8, 4) is 23.3 Å². The summed E-state index contributed by atoms with van der Waals surface area (Å²) in [5.74, 6) is 1.68. The third-order valence-electron chi connectivity index (χ3n) is 10.8. The minimum Gasteiger partial charge on any atom is -0.492 e. The van der Waals surface area contributed by atoms with Crippen molar-refractivity contribution < 1.29 is 91.1 Å². The predicted molar refractivity (Wildman–Crippen MR) is 294 cm³/mol. The van der Waals surface area contributed by atoms with Crippen LogP contribution < -0.4 is 14.2 Å². The van der Waals surface area contributed by atoms with Gasteiger partial charge in [0.25, 0.3) is 0 Å². The van der Waals surface area contributed by atoms with Crippen molar-refractivity contribution >= 4 is 11.4 Å². The number of aliphatic hydroxyl groups excluding tert-OH is 3. The van der Waals surface area contributed by atoms with Crippen LogP contribution in [0.2, 0.25) is 0 Å². The van der Waals surface area contributed by atoms with Crippen LogP contribution in [0.3, 0.4) is 0 Å². The van der Waals surface area contributed by atoms with Crippen molar-refractivity contribution in [1.82, 2.24) is 0 Å². The molecule has 3 N–H and O–H groups in total. The molecule has 82 heavy (non-hydrogen) atoms. The number of aliphatic hydroxyl groups is 3. The zero-order valence-corrected chi connectivity index (χ0v) is 46.4. The van der Waals surface area contributed by atoms with Gasteiger partial charge >= 0.3 is 0 Å². The second-order valence-electron chi connectivity index (χ2n) is 18.5. The fourth-order valence-corrected chi connectivity index (χ4v) is 6.05. The van der Waals surface area contributed by atoms with E-state index in [1.165, 1.54) is 0 Å². The van der Waals surface area contributed by atoms with Crippen LogP contribution >= 0.6 is 0 Å². The lowest BCUT2D eigenvalue weighted by molar-refractivity contribution is -0.121. The molecule has 0 saturated carbocycles. The van der Waals surface area contributed by atoms with E-state index in [1.807, 2.05) is 6.07 Å². The average molecular weight is 1150 g/mol. The van der Waals surface area contributed by atoms with E-state index in [2.05, 4.69) is 19.4 Å². The average Bonchev–Trinajstić information content (AvgIpc) is 4.26. The van der Waals surface area contributed by atoms with Crippen molar-refractivity contribution in [2.45, 2.75) is 67.8 Å². The molecule has 0 radical (unpaired) electrons. The van der Waals surface area contributed by atoms with E-state index in [1.54, 1.807) is 79.9 Å². The maximum absolute atomic E-state index is 9.63. The Bertz CT molecular complexity index is 2360. The van der Waals surface area contributed by atoms with E-state index >= 15 is 0 Å². The number of ether oxygens (including phenoxy) is 16. The Morgan fingerprint density at radius 3 is 1.45 bits per heavy atom. The highest BCUT2D eigenvalue weighted by molar-refractivity contribution is 5.49. The molecule has 0 aliphatic carbocycles. The van der Waals surface area contributed by atoms with Crippen molar-refractivity contribution in [3.05, 3.63) is 124 Å². The van der Waals surface area contributed by atoms with E-state index < -0.39 is 18.3 Å². The Morgan fingerprint density at radius 2 is 0.976 bits per heavy atom. The Labute approximate surface area is 480 Å². The molecule has 5 aliphatic rings. The third-order valence-corrected chi connectivity index (χ3v) is 10.8. The number of hydrogen-bond donors (Lipinski definition) is 3. The number of nitriles is 1. The summed E-state index contributed by atoms with van der Waals surface area (Å²) in [5, 5.41) is 37.7. The monoisotopic (exact) mass is 1150 g/mol. The minimum atomic E-state index is -0.713. The Morgan fingerprint density at radius 1 is 0.524 bits per heavy atom. The van der Waals surface area contributed by atoms with Crippen molar-refractivity contribution in [3.63, 3.8) is 0 Å². The molecule has 0 amide bonds. The zero-order chi connectivity index (χ0) is 58.7. The minimum absolute atomic E-state index is 0.101. The van der Waals surface area contributed by atoms with Crippen LogP contribution in [0.25, 0.3) is 19.4 Å². The zero-order valence-electron chi connectivity index (χ0n) is 46.4. The second-order valence-corrected chi connectivity index (χ2v) is 18.5. The number of epoxide rings is 5. The van der Waals surface area contributed by atoms with E-state index in [0.29, 0.717) is 113 Å². The van der Waals surface area contributed by atoms with Gasteiger partial charge in [0.05, 0.1) is 131 Å². The largest absolute Gasteiger partial charge is 0.492 e. The number of rotatable bonds is 38. The summed E-state index contributed by atoms with van der Waals surface area (Å²) >= 11 is 0.